The van der Waals surface area contributed by atoms with E-state index in [1.165, 1.54) is 80.9 Å². The summed E-state index contributed by atoms with van der Waals surface area (Å²) in [4.78, 5) is 0. The summed E-state index contributed by atoms with van der Waals surface area (Å²) in [5, 5.41) is 0. The van der Waals surface area contributed by atoms with Gasteiger partial charge in [-0.2, -0.15) is 0 Å². The molecule has 0 atom stereocenters. The molecule has 33 heavy (non-hydrogen) atoms. The molecule has 0 radical (unpaired) electrons. The van der Waals surface area contributed by atoms with E-state index >= 15 is 4.39 Å². The summed E-state index contributed by atoms with van der Waals surface area (Å²) in [6.07, 6.45) is 17.0. The molecule has 0 heterocycles. The molecule has 2 saturated carbocycles. The maximum absolute atomic E-state index is 15.6. The van der Waals surface area contributed by atoms with E-state index in [9.17, 15) is 0 Å². The first kappa shape index (κ1) is 24.5. The van der Waals surface area contributed by atoms with Crippen molar-refractivity contribution < 1.29 is 4.39 Å². The molecule has 0 nitrogen and oxygen atoms in total. The van der Waals surface area contributed by atoms with Crippen molar-refractivity contribution in [3.63, 3.8) is 0 Å². The minimum Gasteiger partial charge on any atom is -0.239 e. The average molecular weight is 449 g/mol. The fourth-order valence-corrected chi connectivity index (χ4v) is 6.50. The summed E-state index contributed by atoms with van der Waals surface area (Å²) >= 11 is 0. The van der Waals surface area contributed by atoms with E-state index in [0.717, 1.165) is 36.2 Å². The summed E-state index contributed by atoms with van der Waals surface area (Å²) in [6.45, 7) is 4.54. The molecule has 2 aromatic rings. The van der Waals surface area contributed by atoms with E-state index in [1.54, 1.807) is 0 Å². The Morgan fingerprint density at radius 2 is 1.24 bits per heavy atom. The fraction of sp³-hybridized carbons (Fsp3) is 0.625. The van der Waals surface area contributed by atoms with Crippen molar-refractivity contribution in [2.45, 2.75) is 115 Å². The van der Waals surface area contributed by atoms with Gasteiger partial charge >= 0.3 is 0 Å². The first-order chi connectivity index (χ1) is 16.1. The Labute approximate surface area is 202 Å². The van der Waals surface area contributed by atoms with Gasteiger partial charge in [0.1, 0.15) is 5.67 Å². The van der Waals surface area contributed by atoms with Crippen LogP contribution in [0.2, 0.25) is 0 Å². The molecule has 2 aromatic carbocycles. The van der Waals surface area contributed by atoms with Crippen molar-refractivity contribution >= 4 is 0 Å². The largest absolute Gasteiger partial charge is 0.239 e. The summed E-state index contributed by atoms with van der Waals surface area (Å²) in [6, 6.07) is 17.6. The van der Waals surface area contributed by atoms with Crippen LogP contribution >= 0.6 is 0 Å². The van der Waals surface area contributed by atoms with E-state index < -0.39 is 5.67 Å². The van der Waals surface area contributed by atoms with Crippen LogP contribution in [0.15, 0.2) is 48.5 Å². The standard InChI is InChI=1S/C32H45F/c1-3-5-6-8-26-9-11-27(12-10-26)28-13-15-29(16-14-28)30-17-19-31(20-18-30)32(33)23-21-25(7-4-2)22-24-32/h13-20,25-27H,3-12,21-24H2,1-2H3/t25-,26-,27-,32+. The van der Waals surface area contributed by atoms with Gasteiger partial charge in [0.25, 0.3) is 0 Å². The van der Waals surface area contributed by atoms with E-state index in [-0.39, 0.29) is 0 Å². The predicted octanol–water partition coefficient (Wildman–Crippen LogP) is 10.4. The monoisotopic (exact) mass is 448 g/mol. The van der Waals surface area contributed by atoms with E-state index in [1.807, 2.05) is 12.1 Å². The quantitative estimate of drug-likeness (QED) is 0.335. The molecule has 0 bridgehead atoms. The first-order valence-corrected chi connectivity index (χ1v) is 14.0. The second-order valence-corrected chi connectivity index (χ2v) is 11.1. The lowest BCUT2D eigenvalue weighted by molar-refractivity contribution is 0.0793. The van der Waals surface area contributed by atoms with Gasteiger partial charge < -0.3 is 0 Å². The summed E-state index contributed by atoms with van der Waals surface area (Å²) in [7, 11) is 0. The first-order valence-electron chi connectivity index (χ1n) is 14.0. The maximum Gasteiger partial charge on any atom is 0.136 e. The molecule has 2 fully saturated rings. The third-order valence-corrected chi connectivity index (χ3v) is 8.77. The second kappa shape index (κ2) is 11.7. The highest BCUT2D eigenvalue weighted by Gasteiger charge is 2.36. The van der Waals surface area contributed by atoms with Crippen LogP contribution in [-0.2, 0) is 5.67 Å². The molecule has 0 aromatic heterocycles. The van der Waals surface area contributed by atoms with Gasteiger partial charge in [-0.05, 0) is 91.4 Å². The Bertz CT molecular complexity index is 818. The topological polar surface area (TPSA) is 0 Å². The van der Waals surface area contributed by atoms with Gasteiger partial charge in [-0.1, -0.05) is 101 Å². The fourth-order valence-electron chi connectivity index (χ4n) is 6.50. The van der Waals surface area contributed by atoms with Gasteiger partial charge in [-0.25, -0.2) is 4.39 Å². The van der Waals surface area contributed by atoms with Crippen molar-refractivity contribution in [3.8, 4) is 11.1 Å². The average Bonchev–Trinajstić information content (AvgIpc) is 2.87. The molecule has 0 unspecified atom stereocenters. The molecular formula is C32H45F. The Balaban J connectivity index is 1.32. The SMILES string of the molecule is CCCCC[C@H]1CC[C@H](c2ccc(-c3ccc([C@]4(F)CC[C@@H](CCC)CC4)cc3)cc2)CC1. The number of hydrogen-bond acceptors (Lipinski definition) is 0. The third-order valence-electron chi connectivity index (χ3n) is 8.77. The number of unbranched alkanes of at least 4 members (excludes halogenated alkanes) is 2. The van der Waals surface area contributed by atoms with Crippen LogP contribution in [-0.4, -0.2) is 0 Å². The molecule has 0 aliphatic heterocycles. The molecular weight excluding hydrogens is 403 g/mol. The second-order valence-electron chi connectivity index (χ2n) is 11.1. The number of halogens is 1. The van der Waals surface area contributed by atoms with Crippen molar-refractivity contribution in [3.05, 3.63) is 59.7 Å². The van der Waals surface area contributed by atoms with Crippen LogP contribution in [0, 0.1) is 11.8 Å². The summed E-state index contributed by atoms with van der Waals surface area (Å²) in [5.41, 5.74) is 3.72. The van der Waals surface area contributed by atoms with Crippen LogP contribution in [0.1, 0.15) is 121 Å². The lowest BCUT2D eigenvalue weighted by Crippen LogP contribution is -2.27. The highest BCUT2D eigenvalue weighted by molar-refractivity contribution is 5.64. The highest BCUT2D eigenvalue weighted by atomic mass is 19.1. The molecule has 180 valence electrons. The van der Waals surface area contributed by atoms with Gasteiger partial charge in [0, 0.05) is 0 Å². The van der Waals surface area contributed by atoms with Crippen LogP contribution in [0.25, 0.3) is 11.1 Å². The Hall–Kier alpha value is -1.63. The van der Waals surface area contributed by atoms with Crippen molar-refractivity contribution in [2.75, 3.05) is 0 Å². The number of rotatable bonds is 9. The molecule has 2 aliphatic carbocycles. The molecule has 0 saturated heterocycles. The van der Waals surface area contributed by atoms with Gasteiger partial charge in [0.2, 0.25) is 0 Å². The predicted molar refractivity (Wildman–Crippen MR) is 140 cm³/mol. The molecule has 0 N–H and O–H groups in total. The van der Waals surface area contributed by atoms with Gasteiger partial charge in [0.15, 0.2) is 0 Å². The molecule has 0 amide bonds. The van der Waals surface area contributed by atoms with E-state index in [2.05, 4.69) is 50.2 Å². The van der Waals surface area contributed by atoms with E-state index in [0.29, 0.717) is 12.8 Å². The number of hydrogen-bond donors (Lipinski definition) is 0. The zero-order chi connectivity index (χ0) is 23.1. The lowest BCUT2D eigenvalue weighted by Gasteiger charge is -2.34. The van der Waals surface area contributed by atoms with E-state index in [4.69, 9.17) is 0 Å². The van der Waals surface area contributed by atoms with Crippen LogP contribution in [0.5, 0.6) is 0 Å². The van der Waals surface area contributed by atoms with Crippen LogP contribution in [0.4, 0.5) is 4.39 Å². The number of benzene rings is 2. The Morgan fingerprint density at radius 3 is 1.82 bits per heavy atom. The van der Waals surface area contributed by atoms with Crippen LogP contribution in [0.3, 0.4) is 0 Å². The maximum atomic E-state index is 15.6. The van der Waals surface area contributed by atoms with Crippen molar-refractivity contribution in [1.82, 2.24) is 0 Å². The third kappa shape index (κ3) is 6.28. The highest BCUT2D eigenvalue weighted by Crippen LogP contribution is 2.44. The van der Waals surface area contributed by atoms with Gasteiger partial charge in [0.05, 0.1) is 0 Å². The minimum atomic E-state index is -1.12. The molecule has 0 spiro atoms. The number of alkyl halides is 1. The lowest BCUT2D eigenvalue weighted by atomic mass is 9.75. The normalized spacial score (nSPS) is 28.0. The molecule has 1 heteroatoms. The zero-order valence-electron chi connectivity index (χ0n) is 21.1. The summed E-state index contributed by atoms with van der Waals surface area (Å²) < 4.78 is 15.6. The zero-order valence-corrected chi connectivity index (χ0v) is 21.1. The molecule has 2 aliphatic rings. The Kier molecular flexibility index (Phi) is 8.67. The van der Waals surface area contributed by atoms with Crippen LogP contribution < -0.4 is 0 Å². The molecule has 4 rings (SSSR count). The van der Waals surface area contributed by atoms with Gasteiger partial charge in [-0.15, -0.1) is 0 Å². The minimum absolute atomic E-state index is 0.687. The summed E-state index contributed by atoms with van der Waals surface area (Å²) in [5.74, 6) is 2.43. The van der Waals surface area contributed by atoms with Crippen molar-refractivity contribution in [1.29, 1.82) is 0 Å². The smallest absolute Gasteiger partial charge is 0.136 e. The Morgan fingerprint density at radius 1 is 0.667 bits per heavy atom. The van der Waals surface area contributed by atoms with Crippen molar-refractivity contribution in [2.24, 2.45) is 11.8 Å². The van der Waals surface area contributed by atoms with Gasteiger partial charge in [-0.3, -0.25) is 0 Å².